The molecule has 1 unspecified atom stereocenters. The number of benzene rings is 1. The maximum Gasteiger partial charge on any atom is 0.0684 e. The van der Waals surface area contributed by atoms with E-state index in [9.17, 15) is 4.21 Å². The molecule has 1 rings (SSSR count). The summed E-state index contributed by atoms with van der Waals surface area (Å²) in [7, 11) is -0.878. The predicted molar refractivity (Wildman–Crippen MR) is 71.9 cm³/mol. The van der Waals surface area contributed by atoms with Crippen molar-refractivity contribution in [2.24, 2.45) is 5.41 Å². The van der Waals surface area contributed by atoms with Crippen molar-refractivity contribution in [2.75, 3.05) is 5.75 Å². The number of hydrogen-bond acceptors (Lipinski definition) is 2. The Labute approximate surface area is 106 Å². The number of aryl methyl sites for hydroxylation is 1. The molecule has 0 aliphatic heterocycles. The molecule has 0 N–H and O–H groups in total. The molecular formula is C14H19NOS. The summed E-state index contributed by atoms with van der Waals surface area (Å²) < 4.78 is 11.9. The Bertz CT molecular complexity index is 446. The molecule has 1 atom stereocenters. The lowest BCUT2D eigenvalue weighted by atomic mass is 9.93. The minimum atomic E-state index is -0.878. The van der Waals surface area contributed by atoms with Crippen molar-refractivity contribution in [3.8, 4) is 6.07 Å². The molecule has 92 valence electrons. The Kier molecular flexibility index (Phi) is 4.89. The minimum absolute atomic E-state index is 0.373. The quantitative estimate of drug-likeness (QED) is 0.804. The zero-order chi connectivity index (χ0) is 12.9. The van der Waals surface area contributed by atoms with E-state index in [2.05, 4.69) is 12.1 Å². The van der Waals surface area contributed by atoms with Crippen LogP contribution >= 0.6 is 0 Å². The van der Waals surface area contributed by atoms with Gasteiger partial charge in [-0.2, -0.15) is 5.26 Å². The molecule has 0 spiro atoms. The lowest BCUT2D eigenvalue weighted by molar-refractivity contribution is 0.479. The van der Waals surface area contributed by atoms with E-state index in [-0.39, 0.29) is 5.41 Å². The normalized spacial score (nSPS) is 13.1. The lowest BCUT2D eigenvalue weighted by Gasteiger charge is -2.14. The Morgan fingerprint density at radius 2 is 2.12 bits per heavy atom. The van der Waals surface area contributed by atoms with Crippen molar-refractivity contribution in [1.29, 1.82) is 5.26 Å². The molecule has 0 aliphatic carbocycles. The van der Waals surface area contributed by atoms with E-state index in [1.807, 2.05) is 39.0 Å². The van der Waals surface area contributed by atoms with E-state index in [1.54, 1.807) is 0 Å². The van der Waals surface area contributed by atoms with E-state index in [0.717, 1.165) is 5.56 Å². The largest absolute Gasteiger partial charge is 0.259 e. The van der Waals surface area contributed by atoms with Crippen LogP contribution in [0.2, 0.25) is 0 Å². The number of rotatable bonds is 5. The van der Waals surface area contributed by atoms with Gasteiger partial charge in [0, 0.05) is 22.3 Å². The van der Waals surface area contributed by atoms with Crippen LogP contribution < -0.4 is 0 Å². The fourth-order valence-electron chi connectivity index (χ4n) is 1.48. The highest BCUT2D eigenvalue weighted by Gasteiger charge is 2.17. The lowest BCUT2D eigenvalue weighted by Crippen LogP contribution is -2.13. The van der Waals surface area contributed by atoms with Gasteiger partial charge in [-0.25, -0.2) is 0 Å². The molecule has 1 aromatic carbocycles. The van der Waals surface area contributed by atoms with Gasteiger partial charge in [0.25, 0.3) is 0 Å². The SMILES string of the molecule is Cc1cccc(CS(=O)CCC(C)(C)C#N)c1. The second-order valence-corrected chi connectivity index (χ2v) is 6.60. The first-order valence-corrected chi connectivity index (χ1v) is 7.23. The average Bonchev–Trinajstić information content (AvgIpc) is 2.27. The highest BCUT2D eigenvalue weighted by molar-refractivity contribution is 7.84. The van der Waals surface area contributed by atoms with Crippen molar-refractivity contribution in [3.05, 3.63) is 35.4 Å². The second-order valence-electron chi connectivity index (χ2n) is 5.02. The fourth-order valence-corrected chi connectivity index (χ4v) is 2.92. The summed E-state index contributed by atoms with van der Waals surface area (Å²) in [6.07, 6.45) is 0.682. The first kappa shape index (κ1) is 13.9. The Balaban J connectivity index is 2.49. The maximum atomic E-state index is 11.9. The summed E-state index contributed by atoms with van der Waals surface area (Å²) in [5.74, 6) is 1.18. The molecule has 3 heteroatoms. The van der Waals surface area contributed by atoms with Gasteiger partial charge in [0.15, 0.2) is 0 Å². The van der Waals surface area contributed by atoms with Crippen LogP contribution in [0, 0.1) is 23.7 Å². The van der Waals surface area contributed by atoms with Crippen LogP contribution in [0.4, 0.5) is 0 Å². The highest BCUT2D eigenvalue weighted by Crippen LogP contribution is 2.19. The number of nitrogens with zero attached hydrogens (tertiary/aromatic N) is 1. The predicted octanol–water partition coefficient (Wildman–Crippen LogP) is 3.18. The summed E-state index contributed by atoms with van der Waals surface area (Å²) in [6, 6.07) is 10.3. The van der Waals surface area contributed by atoms with Crippen molar-refractivity contribution in [3.63, 3.8) is 0 Å². The van der Waals surface area contributed by atoms with Gasteiger partial charge in [0.2, 0.25) is 0 Å². The zero-order valence-electron chi connectivity index (χ0n) is 10.7. The van der Waals surface area contributed by atoms with Gasteiger partial charge in [-0.15, -0.1) is 0 Å². The molecular weight excluding hydrogens is 230 g/mol. The summed E-state index contributed by atoms with van der Waals surface area (Å²) in [4.78, 5) is 0. The van der Waals surface area contributed by atoms with Crippen molar-refractivity contribution in [2.45, 2.75) is 32.9 Å². The third kappa shape index (κ3) is 5.14. The Morgan fingerprint density at radius 3 is 2.71 bits per heavy atom. The fraction of sp³-hybridized carbons (Fsp3) is 0.500. The van der Waals surface area contributed by atoms with Crippen molar-refractivity contribution in [1.82, 2.24) is 0 Å². The smallest absolute Gasteiger partial charge is 0.0684 e. The third-order valence-electron chi connectivity index (χ3n) is 2.67. The van der Waals surface area contributed by atoms with E-state index in [4.69, 9.17) is 5.26 Å². The highest BCUT2D eigenvalue weighted by atomic mass is 32.2. The Hall–Kier alpha value is -1.14. The topological polar surface area (TPSA) is 40.9 Å². The number of nitriles is 1. The zero-order valence-corrected chi connectivity index (χ0v) is 11.5. The third-order valence-corrected chi connectivity index (χ3v) is 3.98. The molecule has 0 radical (unpaired) electrons. The minimum Gasteiger partial charge on any atom is -0.259 e. The molecule has 0 bridgehead atoms. The van der Waals surface area contributed by atoms with E-state index in [0.29, 0.717) is 17.9 Å². The van der Waals surface area contributed by atoms with Crippen LogP contribution in [0.1, 0.15) is 31.4 Å². The summed E-state index contributed by atoms with van der Waals surface area (Å²) >= 11 is 0. The van der Waals surface area contributed by atoms with E-state index >= 15 is 0 Å². The van der Waals surface area contributed by atoms with Gasteiger partial charge in [0.05, 0.1) is 11.5 Å². The van der Waals surface area contributed by atoms with Crippen molar-refractivity contribution >= 4 is 10.8 Å². The standard InChI is InChI=1S/C14H19NOS/c1-12-5-4-6-13(9-12)10-17(16)8-7-14(2,3)11-15/h4-6,9H,7-8,10H2,1-3H3. The second kappa shape index (κ2) is 5.97. The molecule has 0 aliphatic rings. The molecule has 0 fully saturated rings. The maximum absolute atomic E-state index is 11.9. The van der Waals surface area contributed by atoms with Crippen LogP contribution in [0.3, 0.4) is 0 Å². The molecule has 0 amide bonds. The van der Waals surface area contributed by atoms with Crippen LogP contribution in [-0.4, -0.2) is 9.96 Å². The number of hydrogen-bond donors (Lipinski definition) is 0. The van der Waals surface area contributed by atoms with Gasteiger partial charge >= 0.3 is 0 Å². The molecule has 2 nitrogen and oxygen atoms in total. The van der Waals surface area contributed by atoms with Crippen LogP contribution in [0.5, 0.6) is 0 Å². The average molecular weight is 249 g/mol. The monoisotopic (exact) mass is 249 g/mol. The van der Waals surface area contributed by atoms with Gasteiger partial charge in [-0.05, 0) is 32.8 Å². The first-order chi connectivity index (χ1) is 7.93. The van der Waals surface area contributed by atoms with Crippen LogP contribution in [0.15, 0.2) is 24.3 Å². The van der Waals surface area contributed by atoms with Gasteiger partial charge in [0.1, 0.15) is 0 Å². The molecule has 0 saturated carbocycles. The summed E-state index contributed by atoms with van der Waals surface area (Å²) in [5.41, 5.74) is 1.93. The van der Waals surface area contributed by atoms with E-state index < -0.39 is 10.8 Å². The summed E-state index contributed by atoms with van der Waals surface area (Å²) in [5, 5.41) is 8.88. The molecule has 0 aromatic heterocycles. The van der Waals surface area contributed by atoms with Gasteiger partial charge in [-0.1, -0.05) is 29.8 Å². The Morgan fingerprint density at radius 1 is 1.41 bits per heavy atom. The van der Waals surface area contributed by atoms with Crippen LogP contribution in [0.25, 0.3) is 0 Å². The molecule has 0 saturated heterocycles. The molecule has 1 aromatic rings. The first-order valence-electron chi connectivity index (χ1n) is 5.75. The van der Waals surface area contributed by atoms with Crippen molar-refractivity contribution < 1.29 is 4.21 Å². The van der Waals surface area contributed by atoms with E-state index in [1.165, 1.54) is 5.56 Å². The van der Waals surface area contributed by atoms with Gasteiger partial charge in [-0.3, -0.25) is 4.21 Å². The van der Waals surface area contributed by atoms with Gasteiger partial charge < -0.3 is 0 Å². The van der Waals surface area contributed by atoms with Crippen LogP contribution in [-0.2, 0) is 16.6 Å². The molecule has 17 heavy (non-hydrogen) atoms. The molecule has 0 heterocycles. The summed E-state index contributed by atoms with van der Waals surface area (Å²) in [6.45, 7) is 5.80.